The highest BCUT2D eigenvalue weighted by molar-refractivity contribution is 5.46. The fourth-order valence-electron chi connectivity index (χ4n) is 1.60. The molecule has 1 N–H and O–H groups in total. The highest BCUT2D eigenvalue weighted by Gasteiger charge is 2.00. The van der Waals surface area contributed by atoms with E-state index in [9.17, 15) is 0 Å². The van der Waals surface area contributed by atoms with Gasteiger partial charge in [0.2, 0.25) is 0 Å². The number of nitrogens with one attached hydrogen (secondary N) is 1. The van der Waals surface area contributed by atoms with E-state index in [1.807, 2.05) is 12.1 Å². The minimum absolute atomic E-state index is 0.733. The van der Waals surface area contributed by atoms with Crippen molar-refractivity contribution in [2.45, 2.75) is 26.7 Å². The zero-order chi connectivity index (χ0) is 11.1. The molecule has 0 unspecified atom stereocenters. The Morgan fingerprint density at radius 3 is 2.47 bits per heavy atom. The molecule has 0 aliphatic carbocycles. The van der Waals surface area contributed by atoms with Crippen molar-refractivity contribution < 1.29 is 4.74 Å². The summed E-state index contributed by atoms with van der Waals surface area (Å²) in [6.45, 7) is 5.55. The molecule has 84 valence electrons. The average molecular weight is 207 g/mol. The van der Waals surface area contributed by atoms with Crippen LogP contribution in [0, 0.1) is 5.92 Å². The van der Waals surface area contributed by atoms with Crippen LogP contribution in [0.2, 0.25) is 0 Å². The van der Waals surface area contributed by atoms with E-state index in [0.29, 0.717) is 0 Å². The molecule has 1 aromatic rings. The Labute approximate surface area is 92.6 Å². The fraction of sp³-hybridized carbons (Fsp3) is 0.538. The van der Waals surface area contributed by atoms with Crippen LogP contribution >= 0.6 is 0 Å². The van der Waals surface area contributed by atoms with E-state index in [0.717, 1.165) is 18.2 Å². The molecule has 0 saturated heterocycles. The summed E-state index contributed by atoms with van der Waals surface area (Å²) >= 11 is 0. The zero-order valence-electron chi connectivity index (χ0n) is 9.92. The molecule has 0 heterocycles. The number of methoxy groups -OCH3 is 1. The predicted octanol–water partition coefficient (Wildman–Crippen LogP) is 3.54. The first-order chi connectivity index (χ1) is 7.26. The molecule has 0 fully saturated rings. The average Bonchev–Trinajstić information content (AvgIpc) is 2.27. The minimum Gasteiger partial charge on any atom is -0.497 e. The number of hydrogen-bond acceptors (Lipinski definition) is 2. The standard InChI is InChI=1S/C13H21NO/c1-4-5-11(2)10-14-12-6-8-13(15-3)9-7-12/h6-9,11,14H,4-5,10H2,1-3H3/t11-/m1/s1. The highest BCUT2D eigenvalue weighted by atomic mass is 16.5. The Bertz CT molecular complexity index is 268. The SMILES string of the molecule is CCC[C@@H](C)CNc1ccc(OC)cc1. The number of benzene rings is 1. The molecule has 1 atom stereocenters. The van der Waals surface area contributed by atoms with Gasteiger partial charge in [-0.3, -0.25) is 0 Å². The van der Waals surface area contributed by atoms with Gasteiger partial charge in [-0.1, -0.05) is 20.3 Å². The van der Waals surface area contributed by atoms with Crippen LogP contribution in [-0.2, 0) is 0 Å². The van der Waals surface area contributed by atoms with Crippen molar-refractivity contribution in [1.29, 1.82) is 0 Å². The Morgan fingerprint density at radius 2 is 1.93 bits per heavy atom. The van der Waals surface area contributed by atoms with Crippen LogP contribution in [0.3, 0.4) is 0 Å². The van der Waals surface area contributed by atoms with E-state index >= 15 is 0 Å². The molecule has 1 aromatic carbocycles. The summed E-state index contributed by atoms with van der Waals surface area (Å²) in [6.07, 6.45) is 2.54. The quantitative estimate of drug-likeness (QED) is 0.770. The van der Waals surface area contributed by atoms with Crippen molar-refractivity contribution >= 4 is 5.69 Å². The largest absolute Gasteiger partial charge is 0.497 e. The van der Waals surface area contributed by atoms with E-state index in [2.05, 4.69) is 31.3 Å². The van der Waals surface area contributed by atoms with Gasteiger partial charge in [-0.25, -0.2) is 0 Å². The fourth-order valence-corrected chi connectivity index (χ4v) is 1.60. The molecular weight excluding hydrogens is 186 g/mol. The van der Waals surface area contributed by atoms with Gasteiger partial charge < -0.3 is 10.1 Å². The van der Waals surface area contributed by atoms with Gasteiger partial charge in [0.1, 0.15) is 5.75 Å². The Kier molecular flexibility index (Phi) is 5.02. The number of rotatable bonds is 6. The molecule has 0 saturated carbocycles. The second-order valence-electron chi connectivity index (χ2n) is 4.00. The predicted molar refractivity (Wildman–Crippen MR) is 65.6 cm³/mol. The van der Waals surface area contributed by atoms with Crippen molar-refractivity contribution in [2.24, 2.45) is 5.92 Å². The van der Waals surface area contributed by atoms with Crippen molar-refractivity contribution in [3.8, 4) is 5.75 Å². The van der Waals surface area contributed by atoms with Crippen LogP contribution < -0.4 is 10.1 Å². The maximum Gasteiger partial charge on any atom is 0.119 e. The number of hydrogen-bond donors (Lipinski definition) is 1. The molecule has 2 heteroatoms. The second-order valence-corrected chi connectivity index (χ2v) is 4.00. The van der Waals surface area contributed by atoms with E-state index in [1.165, 1.54) is 18.5 Å². The van der Waals surface area contributed by atoms with Crippen molar-refractivity contribution in [2.75, 3.05) is 19.0 Å². The van der Waals surface area contributed by atoms with Crippen LogP contribution in [0.1, 0.15) is 26.7 Å². The molecule has 0 aliphatic rings. The summed E-state index contributed by atoms with van der Waals surface area (Å²) in [5.41, 5.74) is 1.17. The molecule has 2 nitrogen and oxygen atoms in total. The van der Waals surface area contributed by atoms with Gasteiger partial charge in [-0.15, -0.1) is 0 Å². The Morgan fingerprint density at radius 1 is 1.27 bits per heavy atom. The molecule has 0 bridgehead atoms. The topological polar surface area (TPSA) is 21.3 Å². The van der Waals surface area contributed by atoms with Crippen LogP contribution in [0.5, 0.6) is 5.75 Å². The number of anilines is 1. The molecule has 0 radical (unpaired) electrons. The van der Waals surface area contributed by atoms with Gasteiger partial charge in [0.15, 0.2) is 0 Å². The lowest BCUT2D eigenvalue weighted by Gasteiger charge is -2.12. The Balaban J connectivity index is 2.37. The maximum atomic E-state index is 5.11. The molecule has 0 aromatic heterocycles. The van der Waals surface area contributed by atoms with Crippen LogP contribution in [0.15, 0.2) is 24.3 Å². The van der Waals surface area contributed by atoms with Crippen molar-refractivity contribution in [1.82, 2.24) is 0 Å². The lowest BCUT2D eigenvalue weighted by Crippen LogP contribution is -2.10. The smallest absolute Gasteiger partial charge is 0.119 e. The summed E-state index contributed by atoms with van der Waals surface area (Å²) in [5.74, 6) is 1.64. The maximum absolute atomic E-state index is 5.11. The van der Waals surface area contributed by atoms with Gasteiger partial charge in [-0.2, -0.15) is 0 Å². The van der Waals surface area contributed by atoms with Crippen LogP contribution in [0.25, 0.3) is 0 Å². The van der Waals surface area contributed by atoms with Crippen LogP contribution in [0.4, 0.5) is 5.69 Å². The number of ether oxygens (including phenoxy) is 1. The highest BCUT2D eigenvalue weighted by Crippen LogP contribution is 2.15. The second kappa shape index (κ2) is 6.33. The van der Waals surface area contributed by atoms with Crippen molar-refractivity contribution in [3.05, 3.63) is 24.3 Å². The summed E-state index contributed by atoms with van der Waals surface area (Å²) in [7, 11) is 1.69. The first-order valence-electron chi connectivity index (χ1n) is 5.64. The molecule has 1 rings (SSSR count). The van der Waals surface area contributed by atoms with Gasteiger partial charge in [0.05, 0.1) is 7.11 Å². The lowest BCUT2D eigenvalue weighted by molar-refractivity contribution is 0.415. The zero-order valence-corrected chi connectivity index (χ0v) is 9.92. The molecule has 0 aliphatic heterocycles. The van der Waals surface area contributed by atoms with Gasteiger partial charge in [-0.05, 0) is 36.6 Å². The molecule has 15 heavy (non-hydrogen) atoms. The third-order valence-electron chi connectivity index (χ3n) is 2.53. The minimum atomic E-state index is 0.733. The normalized spacial score (nSPS) is 12.2. The monoisotopic (exact) mass is 207 g/mol. The third-order valence-corrected chi connectivity index (χ3v) is 2.53. The van der Waals surface area contributed by atoms with Crippen LogP contribution in [-0.4, -0.2) is 13.7 Å². The first-order valence-corrected chi connectivity index (χ1v) is 5.64. The summed E-state index contributed by atoms with van der Waals surface area (Å²) in [6, 6.07) is 8.06. The summed E-state index contributed by atoms with van der Waals surface area (Å²) in [4.78, 5) is 0. The summed E-state index contributed by atoms with van der Waals surface area (Å²) in [5, 5.41) is 3.42. The van der Waals surface area contributed by atoms with Gasteiger partial charge in [0.25, 0.3) is 0 Å². The molecule has 0 amide bonds. The lowest BCUT2D eigenvalue weighted by atomic mass is 10.1. The van der Waals surface area contributed by atoms with Gasteiger partial charge in [0, 0.05) is 12.2 Å². The van der Waals surface area contributed by atoms with E-state index in [1.54, 1.807) is 7.11 Å². The molecular formula is C13H21NO. The van der Waals surface area contributed by atoms with E-state index < -0.39 is 0 Å². The van der Waals surface area contributed by atoms with E-state index in [4.69, 9.17) is 4.74 Å². The Hall–Kier alpha value is -1.18. The first kappa shape index (κ1) is 11.9. The molecule has 0 spiro atoms. The third kappa shape index (κ3) is 4.24. The van der Waals surface area contributed by atoms with Gasteiger partial charge >= 0.3 is 0 Å². The van der Waals surface area contributed by atoms with E-state index in [-0.39, 0.29) is 0 Å². The summed E-state index contributed by atoms with van der Waals surface area (Å²) < 4.78 is 5.11. The van der Waals surface area contributed by atoms with Crippen molar-refractivity contribution in [3.63, 3.8) is 0 Å².